The second-order valence-corrected chi connectivity index (χ2v) is 7.11. The van der Waals surface area contributed by atoms with Crippen molar-refractivity contribution in [2.45, 2.75) is 52.9 Å². The van der Waals surface area contributed by atoms with Crippen molar-refractivity contribution < 1.29 is 4.39 Å². The molecule has 2 atom stereocenters. The molecule has 0 fully saturated rings. The van der Waals surface area contributed by atoms with E-state index in [0.29, 0.717) is 5.84 Å². The van der Waals surface area contributed by atoms with Crippen molar-refractivity contribution >= 4 is 17.2 Å². The molecule has 0 aliphatic heterocycles. The van der Waals surface area contributed by atoms with Crippen LogP contribution in [0.1, 0.15) is 57.1 Å². The van der Waals surface area contributed by atoms with Gasteiger partial charge in [0.25, 0.3) is 0 Å². The van der Waals surface area contributed by atoms with Gasteiger partial charge in [0.05, 0.1) is 0 Å². The number of aryl methyl sites for hydroxylation is 1. The SMILES string of the molecule is C=C(F)/C=C\C=C/C(C)C(CCCC(C)=NC(C)=N)c1cc(C)ccc1N. The predicted octanol–water partition coefficient (Wildman–Crippen LogP) is 6.52. The molecular weight excluding hydrogens is 337 g/mol. The molecule has 2 unspecified atom stereocenters. The molecule has 0 radical (unpaired) electrons. The van der Waals surface area contributed by atoms with Gasteiger partial charge in [0, 0.05) is 11.4 Å². The molecule has 4 heteroatoms. The zero-order chi connectivity index (χ0) is 20.4. The molecule has 1 rings (SSSR count). The Morgan fingerprint density at radius 1 is 1.33 bits per heavy atom. The van der Waals surface area contributed by atoms with Gasteiger partial charge in [0.1, 0.15) is 11.7 Å². The lowest BCUT2D eigenvalue weighted by molar-refractivity contribution is 0.498. The number of halogens is 1. The molecule has 1 aromatic rings. The van der Waals surface area contributed by atoms with E-state index in [-0.39, 0.29) is 11.8 Å². The van der Waals surface area contributed by atoms with Crippen molar-refractivity contribution in [2.75, 3.05) is 5.73 Å². The Labute approximate surface area is 163 Å². The van der Waals surface area contributed by atoms with E-state index in [1.165, 1.54) is 11.6 Å². The number of aliphatic imine (C=N–C) groups is 1. The first-order valence-corrected chi connectivity index (χ1v) is 9.35. The molecule has 3 nitrogen and oxygen atoms in total. The van der Waals surface area contributed by atoms with E-state index < -0.39 is 5.83 Å². The summed E-state index contributed by atoms with van der Waals surface area (Å²) in [5.74, 6) is 0.387. The summed E-state index contributed by atoms with van der Waals surface area (Å²) in [6.45, 7) is 11.1. The number of allylic oxidation sites excluding steroid dienone is 5. The zero-order valence-corrected chi connectivity index (χ0v) is 16.9. The topological polar surface area (TPSA) is 62.2 Å². The summed E-state index contributed by atoms with van der Waals surface area (Å²) in [7, 11) is 0. The fourth-order valence-corrected chi connectivity index (χ4v) is 3.17. The lowest BCUT2D eigenvalue weighted by Gasteiger charge is -2.24. The number of nitrogens with zero attached hydrogens (tertiary/aromatic N) is 1. The minimum absolute atomic E-state index is 0.244. The number of amidine groups is 1. The smallest absolute Gasteiger partial charge is 0.117 e. The number of anilines is 1. The van der Waals surface area contributed by atoms with E-state index in [1.54, 1.807) is 13.0 Å². The first-order chi connectivity index (χ1) is 12.7. The van der Waals surface area contributed by atoms with Crippen LogP contribution >= 0.6 is 0 Å². The van der Waals surface area contributed by atoms with Crippen molar-refractivity contribution in [2.24, 2.45) is 10.9 Å². The van der Waals surface area contributed by atoms with Crippen LogP contribution in [0.2, 0.25) is 0 Å². The Balaban J connectivity index is 2.97. The van der Waals surface area contributed by atoms with E-state index >= 15 is 0 Å². The number of benzene rings is 1. The van der Waals surface area contributed by atoms with E-state index in [9.17, 15) is 4.39 Å². The van der Waals surface area contributed by atoms with Crippen LogP contribution in [0.3, 0.4) is 0 Å². The Bertz CT molecular complexity index is 744. The maximum absolute atomic E-state index is 12.7. The van der Waals surface area contributed by atoms with Crippen molar-refractivity contribution in [3.8, 4) is 0 Å². The van der Waals surface area contributed by atoms with Gasteiger partial charge in [-0.3, -0.25) is 5.41 Å². The second kappa shape index (κ2) is 11.3. The average Bonchev–Trinajstić information content (AvgIpc) is 2.57. The maximum atomic E-state index is 12.7. The summed E-state index contributed by atoms with van der Waals surface area (Å²) in [4.78, 5) is 4.21. The third-order valence-corrected chi connectivity index (χ3v) is 4.49. The summed E-state index contributed by atoms with van der Waals surface area (Å²) in [6.07, 6.45) is 9.74. The summed E-state index contributed by atoms with van der Waals surface area (Å²) in [6, 6.07) is 6.15. The van der Waals surface area contributed by atoms with Gasteiger partial charge in [-0.05, 0) is 69.6 Å². The highest BCUT2D eigenvalue weighted by Gasteiger charge is 2.19. The summed E-state index contributed by atoms with van der Waals surface area (Å²) >= 11 is 0. The van der Waals surface area contributed by atoms with E-state index in [4.69, 9.17) is 11.1 Å². The zero-order valence-electron chi connectivity index (χ0n) is 16.9. The van der Waals surface area contributed by atoms with Gasteiger partial charge in [-0.2, -0.15) is 0 Å². The normalized spacial score (nSPS) is 14.6. The first-order valence-electron chi connectivity index (χ1n) is 9.35. The van der Waals surface area contributed by atoms with E-state index in [2.05, 4.69) is 37.6 Å². The van der Waals surface area contributed by atoms with Crippen molar-refractivity contribution in [3.05, 3.63) is 66.0 Å². The summed E-state index contributed by atoms with van der Waals surface area (Å²) in [5.41, 5.74) is 10.4. The van der Waals surface area contributed by atoms with Crippen molar-refractivity contribution in [3.63, 3.8) is 0 Å². The molecule has 27 heavy (non-hydrogen) atoms. The van der Waals surface area contributed by atoms with Crippen LogP contribution in [0, 0.1) is 18.3 Å². The lowest BCUT2D eigenvalue weighted by atomic mass is 9.81. The quantitative estimate of drug-likeness (QED) is 0.221. The fourth-order valence-electron chi connectivity index (χ4n) is 3.17. The molecule has 0 heterocycles. The Hall–Kier alpha value is -2.49. The molecule has 0 aliphatic carbocycles. The van der Waals surface area contributed by atoms with Crippen molar-refractivity contribution in [1.29, 1.82) is 5.41 Å². The second-order valence-electron chi connectivity index (χ2n) is 7.11. The minimum atomic E-state index is -0.456. The molecule has 0 aromatic heterocycles. The van der Waals surface area contributed by atoms with Crippen LogP contribution < -0.4 is 5.73 Å². The Morgan fingerprint density at radius 2 is 2.04 bits per heavy atom. The fraction of sp³-hybridized carbons (Fsp3) is 0.391. The van der Waals surface area contributed by atoms with Gasteiger partial charge >= 0.3 is 0 Å². The number of rotatable bonds is 9. The molecule has 3 N–H and O–H groups in total. The lowest BCUT2D eigenvalue weighted by Crippen LogP contribution is -2.11. The van der Waals surface area contributed by atoms with Crippen LogP contribution in [-0.4, -0.2) is 11.5 Å². The highest BCUT2D eigenvalue weighted by molar-refractivity contribution is 5.94. The molecule has 0 bridgehead atoms. The van der Waals surface area contributed by atoms with Crippen LogP contribution in [0.15, 0.2) is 59.9 Å². The summed E-state index contributed by atoms with van der Waals surface area (Å²) < 4.78 is 12.7. The van der Waals surface area contributed by atoms with Crippen LogP contribution in [0.5, 0.6) is 0 Å². The maximum Gasteiger partial charge on any atom is 0.117 e. The Kier molecular flexibility index (Phi) is 9.41. The standard InChI is InChI=1S/C23H32FN3/c1-16-13-14-23(26)22(15-16)21(12-8-11-19(4)27-20(5)25)17(2)9-6-7-10-18(3)24/h6-7,9-10,13-15,17,21,25H,3,8,11-12,26H2,1-2,4-5H3/b9-6-,10-7-,25-20?,27-19?. The molecule has 1 aromatic carbocycles. The van der Waals surface area contributed by atoms with Crippen molar-refractivity contribution in [1.82, 2.24) is 0 Å². The van der Waals surface area contributed by atoms with E-state index in [1.807, 2.05) is 25.1 Å². The number of nitrogens with two attached hydrogens (primary N) is 1. The van der Waals surface area contributed by atoms with Gasteiger partial charge in [0.2, 0.25) is 0 Å². The summed E-state index contributed by atoms with van der Waals surface area (Å²) in [5, 5.41) is 7.47. The molecule has 0 saturated heterocycles. The van der Waals surface area contributed by atoms with Crippen LogP contribution in [0.4, 0.5) is 10.1 Å². The monoisotopic (exact) mass is 369 g/mol. The van der Waals surface area contributed by atoms with Gasteiger partial charge < -0.3 is 5.73 Å². The molecular formula is C23H32FN3. The highest BCUT2D eigenvalue weighted by Crippen LogP contribution is 2.35. The molecule has 0 spiro atoms. The minimum Gasteiger partial charge on any atom is -0.398 e. The third-order valence-electron chi connectivity index (χ3n) is 4.49. The average molecular weight is 370 g/mol. The van der Waals surface area contributed by atoms with Crippen LogP contribution in [-0.2, 0) is 0 Å². The number of nitrogen functional groups attached to an aromatic ring is 1. The van der Waals surface area contributed by atoms with E-state index in [0.717, 1.165) is 36.2 Å². The van der Waals surface area contributed by atoms with Gasteiger partial charge in [-0.25, -0.2) is 9.38 Å². The number of hydrogen-bond acceptors (Lipinski definition) is 2. The first kappa shape index (κ1) is 22.6. The van der Waals surface area contributed by atoms with Gasteiger partial charge in [-0.15, -0.1) is 0 Å². The Morgan fingerprint density at radius 3 is 2.67 bits per heavy atom. The molecule has 0 amide bonds. The number of nitrogens with one attached hydrogen (secondary N) is 1. The third kappa shape index (κ3) is 8.63. The molecule has 0 aliphatic rings. The largest absolute Gasteiger partial charge is 0.398 e. The predicted molar refractivity (Wildman–Crippen MR) is 116 cm³/mol. The molecule has 0 saturated carbocycles. The van der Waals surface area contributed by atoms with Gasteiger partial charge in [0.15, 0.2) is 0 Å². The molecule has 146 valence electrons. The number of hydrogen-bond donors (Lipinski definition) is 2. The van der Waals surface area contributed by atoms with Crippen LogP contribution in [0.25, 0.3) is 0 Å². The van der Waals surface area contributed by atoms with Gasteiger partial charge in [-0.1, -0.05) is 49.4 Å². The highest BCUT2D eigenvalue weighted by atomic mass is 19.1.